The highest BCUT2D eigenvalue weighted by molar-refractivity contribution is 4.92. The molecule has 0 aromatic carbocycles. The fraction of sp³-hybridized carbons (Fsp3) is 1.00. The Labute approximate surface area is 81.7 Å². The van der Waals surface area contributed by atoms with Crippen LogP contribution in [0.4, 0.5) is 0 Å². The summed E-state index contributed by atoms with van der Waals surface area (Å²) in [5.74, 6) is 0. The van der Waals surface area contributed by atoms with Gasteiger partial charge in [-0.2, -0.15) is 0 Å². The van der Waals surface area contributed by atoms with E-state index in [0.29, 0.717) is 6.04 Å². The largest absolute Gasteiger partial charge is 0.326 e. The Morgan fingerprint density at radius 2 is 2.08 bits per heavy atom. The van der Waals surface area contributed by atoms with E-state index < -0.39 is 0 Å². The van der Waals surface area contributed by atoms with Gasteiger partial charge >= 0.3 is 0 Å². The van der Waals surface area contributed by atoms with Crippen LogP contribution in [0.2, 0.25) is 0 Å². The van der Waals surface area contributed by atoms with Gasteiger partial charge in [-0.1, -0.05) is 20.8 Å². The van der Waals surface area contributed by atoms with Gasteiger partial charge in [-0.05, 0) is 12.5 Å². The van der Waals surface area contributed by atoms with Gasteiger partial charge in [-0.25, -0.2) is 0 Å². The molecular formula is C10H23N3. The molecule has 1 heterocycles. The van der Waals surface area contributed by atoms with Crippen molar-refractivity contribution in [3.63, 3.8) is 0 Å². The minimum Gasteiger partial charge on any atom is -0.326 e. The maximum absolute atomic E-state index is 6.20. The predicted octanol–water partition coefficient (Wildman–Crippen LogP) is 0.263. The lowest BCUT2D eigenvalue weighted by Crippen LogP contribution is -2.60. The minimum atomic E-state index is 0.190. The maximum Gasteiger partial charge on any atom is 0.0352 e. The highest BCUT2D eigenvalue weighted by Crippen LogP contribution is 2.20. The first-order valence-corrected chi connectivity index (χ1v) is 5.09. The molecule has 0 amide bonds. The van der Waals surface area contributed by atoms with Crippen molar-refractivity contribution in [3.8, 4) is 0 Å². The molecule has 0 saturated carbocycles. The van der Waals surface area contributed by atoms with Crippen molar-refractivity contribution in [1.29, 1.82) is 0 Å². The average Bonchev–Trinajstić information content (AvgIpc) is 2.01. The lowest BCUT2D eigenvalue weighted by Gasteiger charge is -2.40. The second-order valence-electron chi connectivity index (χ2n) is 5.21. The van der Waals surface area contributed by atoms with Gasteiger partial charge in [-0.15, -0.1) is 0 Å². The Morgan fingerprint density at radius 3 is 2.54 bits per heavy atom. The molecule has 0 spiro atoms. The van der Waals surface area contributed by atoms with Gasteiger partial charge in [0.2, 0.25) is 0 Å². The first kappa shape index (κ1) is 11.0. The molecule has 3 N–H and O–H groups in total. The SMILES string of the molecule is CN1CCNC(C(N)C(C)(C)C)C1. The molecule has 1 saturated heterocycles. The summed E-state index contributed by atoms with van der Waals surface area (Å²) in [5.41, 5.74) is 6.39. The van der Waals surface area contributed by atoms with Crippen molar-refractivity contribution >= 4 is 0 Å². The molecule has 3 heteroatoms. The summed E-state index contributed by atoms with van der Waals surface area (Å²) in [4.78, 5) is 2.34. The summed E-state index contributed by atoms with van der Waals surface area (Å²) in [6.07, 6.45) is 0. The molecule has 13 heavy (non-hydrogen) atoms. The van der Waals surface area contributed by atoms with Gasteiger partial charge in [0.25, 0.3) is 0 Å². The third kappa shape index (κ3) is 2.93. The molecule has 0 bridgehead atoms. The van der Waals surface area contributed by atoms with Gasteiger partial charge in [0, 0.05) is 31.7 Å². The van der Waals surface area contributed by atoms with Gasteiger partial charge in [0.15, 0.2) is 0 Å². The van der Waals surface area contributed by atoms with Crippen molar-refractivity contribution in [2.75, 3.05) is 26.7 Å². The van der Waals surface area contributed by atoms with Crippen LogP contribution >= 0.6 is 0 Å². The molecule has 1 aliphatic rings. The van der Waals surface area contributed by atoms with E-state index in [9.17, 15) is 0 Å². The maximum atomic E-state index is 6.20. The second-order valence-corrected chi connectivity index (χ2v) is 5.21. The van der Waals surface area contributed by atoms with Crippen molar-refractivity contribution < 1.29 is 0 Å². The Kier molecular flexibility index (Phi) is 3.33. The van der Waals surface area contributed by atoms with Crippen LogP contribution in [0.5, 0.6) is 0 Å². The number of hydrogen-bond acceptors (Lipinski definition) is 3. The summed E-state index contributed by atoms with van der Waals surface area (Å²) in [7, 11) is 2.16. The van der Waals surface area contributed by atoms with Crippen LogP contribution < -0.4 is 11.1 Å². The zero-order valence-corrected chi connectivity index (χ0v) is 9.30. The molecule has 0 radical (unpaired) electrons. The summed E-state index contributed by atoms with van der Waals surface area (Å²) >= 11 is 0. The van der Waals surface area contributed by atoms with Gasteiger partial charge in [0.1, 0.15) is 0 Å². The number of nitrogens with zero attached hydrogens (tertiary/aromatic N) is 1. The highest BCUT2D eigenvalue weighted by Gasteiger charge is 2.30. The number of piperazine rings is 1. The van der Waals surface area contributed by atoms with Crippen molar-refractivity contribution in [1.82, 2.24) is 10.2 Å². The summed E-state index contributed by atoms with van der Waals surface area (Å²) in [5, 5.41) is 3.49. The van der Waals surface area contributed by atoms with Crippen LogP contribution in [0.3, 0.4) is 0 Å². The first-order valence-electron chi connectivity index (χ1n) is 5.09. The van der Waals surface area contributed by atoms with E-state index in [0.717, 1.165) is 19.6 Å². The van der Waals surface area contributed by atoms with E-state index in [-0.39, 0.29) is 11.5 Å². The van der Waals surface area contributed by atoms with E-state index in [1.54, 1.807) is 0 Å². The number of hydrogen-bond donors (Lipinski definition) is 2. The zero-order valence-electron chi connectivity index (χ0n) is 9.30. The van der Waals surface area contributed by atoms with Gasteiger partial charge in [0.05, 0.1) is 0 Å². The van der Waals surface area contributed by atoms with Crippen LogP contribution in [-0.2, 0) is 0 Å². The van der Waals surface area contributed by atoms with Crippen molar-refractivity contribution in [2.24, 2.45) is 11.1 Å². The number of nitrogens with two attached hydrogens (primary N) is 1. The molecule has 2 atom stereocenters. The molecule has 1 aliphatic heterocycles. The molecule has 1 fully saturated rings. The van der Waals surface area contributed by atoms with Gasteiger partial charge in [-0.3, -0.25) is 0 Å². The minimum absolute atomic E-state index is 0.190. The van der Waals surface area contributed by atoms with Crippen LogP contribution in [0.15, 0.2) is 0 Å². The van der Waals surface area contributed by atoms with E-state index >= 15 is 0 Å². The van der Waals surface area contributed by atoms with E-state index in [4.69, 9.17) is 5.73 Å². The lowest BCUT2D eigenvalue weighted by atomic mass is 9.82. The molecule has 3 nitrogen and oxygen atoms in total. The normalized spacial score (nSPS) is 28.8. The molecule has 0 aromatic rings. The molecule has 0 aromatic heterocycles. The number of likely N-dealkylation sites (N-methyl/N-ethyl adjacent to an activating group) is 1. The second kappa shape index (κ2) is 3.95. The fourth-order valence-electron chi connectivity index (χ4n) is 1.78. The van der Waals surface area contributed by atoms with Crippen molar-refractivity contribution in [3.05, 3.63) is 0 Å². The zero-order chi connectivity index (χ0) is 10.1. The summed E-state index contributed by atoms with van der Waals surface area (Å²) < 4.78 is 0. The first-order chi connectivity index (χ1) is 5.91. The van der Waals surface area contributed by atoms with Crippen molar-refractivity contribution in [2.45, 2.75) is 32.9 Å². The van der Waals surface area contributed by atoms with E-state index in [1.807, 2.05) is 0 Å². The Morgan fingerprint density at radius 1 is 1.46 bits per heavy atom. The monoisotopic (exact) mass is 185 g/mol. The Bertz CT molecular complexity index is 162. The predicted molar refractivity (Wildman–Crippen MR) is 56.7 cm³/mol. The molecular weight excluding hydrogens is 162 g/mol. The smallest absolute Gasteiger partial charge is 0.0352 e. The molecule has 1 rings (SSSR count). The fourth-order valence-corrected chi connectivity index (χ4v) is 1.78. The third-order valence-electron chi connectivity index (χ3n) is 2.84. The van der Waals surface area contributed by atoms with E-state index in [1.165, 1.54) is 0 Å². The molecule has 78 valence electrons. The Hall–Kier alpha value is -0.120. The number of nitrogens with one attached hydrogen (secondary N) is 1. The molecule has 0 aliphatic carbocycles. The van der Waals surface area contributed by atoms with Crippen LogP contribution in [-0.4, -0.2) is 43.7 Å². The summed E-state index contributed by atoms with van der Waals surface area (Å²) in [6.45, 7) is 9.87. The van der Waals surface area contributed by atoms with E-state index in [2.05, 4.69) is 38.0 Å². The van der Waals surface area contributed by atoms with Crippen LogP contribution in [0, 0.1) is 5.41 Å². The van der Waals surface area contributed by atoms with Gasteiger partial charge < -0.3 is 16.0 Å². The lowest BCUT2D eigenvalue weighted by molar-refractivity contribution is 0.169. The standard InChI is InChI=1S/C10H23N3/c1-10(2,3)9(11)8-7-13(4)6-5-12-8/h8-9,12H,5-7,11H2,1-4H3. The third-order valence-corrected chi connectivity index (χ3v) is 2.84. The van der Waals surface area contributed by atoms with Crippen LogP contribution in [0.25, 0.3) is 0 Å². The highest BCUT2D eigenvalue weighted by atomic mass is 15.2. The molecule has 2 unspecified atom stereocenters. The topological polar surface area (TPSA) is 41.3 Å². The van der Waals surface area contributed by atoms with Crippen LogP contribution in [0.1, 0.15) is 20.8 Å². The average molecular weight is 185 g/mol. The quantitative estimate of drug-likeness (QED) is 0.616. The summed E-state index contributed by atoms with van der Waals surface area (Å²) in [6, 6.07) is 0.675. The number of rotatable bonds is 1. The Balaban J connectivity index is 2.51.